The van der Waals surface area contributed by atoms with Crippen molar-refractivity contribution in [1.29, 1.82) is 0 Å². The number of hydrogen-bond acceptors (Lipinski definition) is 7. The number of pyridine rings is 1. The number of halogens is 3. The maximum Gasteiger partial charge on any atom is 0.416 e. The molecule has 3 aromatic heterocycles. The molecule has 4 rings (SSSR count). The highest BCUT2D eigenvalue weighted by atomic mass is 19.4. The molecule has 0 bridgehead atoms. The van der Waals surface area contributed by atoms with Crippen LogP contribution in [-0.2, 0) is 19.2 Å². The van der Waals surface area contributed by atoms with E-state index in [4.69, 9.17) is 9.26 Å². The first-order valence-corrected chi connectivity index (χ1v) is 9.34. The number of benzene rings is 1. The van der Waals surface area contributed by atoms with Crippen LogP contribution in [0.5, 0.6) is 5.88 Å². The van der Waals surface area contributed by atoms with Crippen molar-refractivity contribution in [1.82, 2.24) is 25.1 Å². The average Bonchev–Trinajstić information content (AvgIpc) is 3.27. The van der Waals surface area contributed by atoms with Crippen LogP contribution in [0.1, 0.15) is 24.1 Å². The molecule has 31 heavy (non-hydrogen) atoms. The van der Waals surface area contributed by atoms with E-state index in [1.807, 2.05) is 6.92 Å². The second kappa shape index (κ2) is 8.50. The summed E-state index contributed by atoms with van der Waals surface area (Å²) in [7, 11) is 0. The molecule has 4 aromatic rings. The number of aryl methyl sites for hydroxylation is 1. The Hall–Kier alpha value is -3.82. The van der Waals surface area contributed by atoms with E-state index in [2.05, 4.69) is 25.1 Å². The van der Waals surface area contributed by atoms with E-state index in [0.717, 1.165) is 23.4 Å². The van der Waals surface area contributed by atoms with Crippen LogP contribution in [-0.4, -0.2) is 25.1 Å². The summed E-state index contributed by atoms with van der Waals surface area (Å²) < 4.78 is 49.5. The molecule has 0 unspecified atom stereocenters. The van der Waals surface area contributed by atoms with Gasteiger partial charge in [-0.2, -0.15) is 23.1 Å². The van der Waals surface area contributed by atoms with Crippen molar-refractivity contribution in [3.8, 4) is 28.7 Å². The lowest BCUT2D eigenvalue weighted by Gasteiger charge is -2.07. The molecule has 0 saturated heterocycles. The lowest BCUT2D eigenvalue weighted by Crippen LogP contribution is -2.04. The molecule has 3 heterocycles. The van der Waals surface area contributed by atoms with Gasteiger partial charge in [0.2, 0.25) is 11.7 Å². The normalized spacial score (nSPS) is 11.5. The van der Waals surface area contributed by atoms with Crippen LogP contribution >= 0.6 is 0 Å². The molecule has 0 radical (unpaired) electrons. The van der Waals surface area contributed by atoms with Crippen LogP contribution < -0.4 is 4.74 Å². The van der Waals surface area contributed by atoms with Crippen molar-refractivity contribution in [2.45, 2.75) is 26.1 Å². The minimum Gasteiger partial charge on any atom is -0.467 e. The summed E-state index contributed by atoms with van der Waals surface area (Å²) in [6.45, 7) is 1.86. The molecule has 10 heteroatoms. The van der Waals surface area contributed by atoms with Crippen LogP contribution in [0, 0.1) is 0 Å². The van der Waals surface area contributed by atoms with Gasteiger partial charge in [0.15, 0.2) is 12.4 Å². The maximum absolute atomic E-state index is 12.9. The van der Waals surface area contributed by atoms with Gasteiger partial charge in [-0.05, 0) is 30.7 Å². The Labute approximate surface area is 175 Å². The molecule has 0 aliphatic rings. The molecular formula is C21H16F3N5O2. The van der Waals surface area contributed by atoms with Crippen LogP contribution in [0.2, 0.25) is 0 Å². The number of nitrogens with zero attached hydrogens (tertiary/aromatic N) is 5. The van der Waals surface area contributed by atoms with Crippen LogP contribution in [0.4, 0.5) is 13.2 Å². The van der Waals surface area contributed by atoms with E-state index in [-0.39, 0.29) is 23.9 Å². The van der Waals surface area contributed by atoms with Crippen molar-refractivity contribution in [2.24, 2.45) is 0 Å². The van der Waals surface area contributed by atoms with E-state index >= 15 is 0 Å². The Balaban J connectivity index is 1.52. The standard InChI is InChI=1S/C21H16F3N5O2/c1-2-16-11-17(27-19(26-16)13-6-8-25-9-7-13)30-12-18-28-20(29-31-18)14-4-3-5-15(10-14)21(22,23)24/h3-11H,2,12H2,1H3. The highest BCUT2D eigenvalue weighted by Crippen LogP contribution is 2.31. The molecule has 0 N–H and O–H groups in total. The summed E-state index contributed by atoms with van der Waals surface area (Å²) >= 11 is 0. The van der Waals surface area contributed by atoms with Crippen molar-refractivity contribution in [2.75, 3.05) is 0 Å². The summed E-state index contributed by atoms with van der Waals surface area (Å²) in [6, 6.07) is 10.00. The third kappa shape index (κ3) is 4.85. The van der Waals surface area contributed by atoms with Gasteiger partial charge in [-0.1, -0.05) is 24.2 Å². The Morgan fingerprint density at radius 3 is 2.48 bits per heavy atom. The lowest BCUT2D eigenvalue weighted by molar-refractivity contribution is -0.137. The van der Waals surface area contributed by atoms with Gasteiger partial charge in [0.1, 0.15) is 0 Å². The minimum absolute atomic E-state index is 0.0408. The van der Waals surface area contributed by atoms with Gasteiger partial charge in [0, 0.05) is 35.3 Å². The third-order valence-electron chi connectivity index (χ3n) is 4.32. The summed E-state index contributed by atoms with van der Waals surface area (Å²) in [5.41, 5.74) is 0.983. The van der Waals surface area contributed by atoms with Gasteiger partial charge in [-0.25, -0.2) is 4.98 Å². The molecule has 0 amide bonds. The van der Waals surface area contributed by atoms with Crippen LogP contribution in [0.3, 0.4) is 0 Å². The largest absolute Gasteiger partial charge is 0.467 e. The molecule has 7 nitrogen and oxygen atoms in total. The number of ether oxygens (including phenoxy) is 1. The van der Waals surface area contributed by atoms with E-state index in [9.17, 15) is 13.2 Å². The van der Waals surface area contributed by atoms with Crippen LogP contribution in [0.15, 0.2) is 59.4 Å². The second-order valence-electron chi connectivity index (χ2n) is 6.49. The van der Waals surface area contributed by atoms with Gasteiger partial charge in [-0.3, -0.25) is 4.98 Å². The topological polar surface area (TPSA) is 86.8 Å². The van der Waals surface area contributed by atoms with Gasteiger partial charge >= 0.3 is 6.18 Å². The van der Waals surface area contributed by atoms with E-state index < -0.39 is 11.7 Å². The Kier molecular flexibility index (Phi) is 5.61. The maximum atomic E-state index is 12.9. The van der Waals surface area contributed by atoms with Crippen LogP contribution in [0.25, 0.3) is 22.8 Å². The quantitative estimate of drug-likeness (QED) is 0.439. The van der Waals surface area contributed by atoms with Crippen molar-refractivity contribution >= 4 is 0 Å². The van der Waals surface area contributed by atoms with Gasteiger partial charge < -0.3 is 9.26 Å². The van der Waals surface area contributed by atoms with E-state index in [0.29, 0.717) is 18.1 Å². The zero-order valence-corrected chi connectivity index (χ0v) is 16.3. The zero-order chi connectivity index (χ0) is 21.8. The summed E-state index contributed by atoms with van der Waals surface area (Å²) in [6.07, 6.45) is -0.489. The number of aromatic nitrogens is 5. The van der Waals surface area contributed by atoms with E-state index in [1.165, 1.54) is 12.1 Å². The predicted molar refractivity (Wildman–Crippen MR) is 104 cm³/mol. The fraction of sp³-hybridized carbons (Fsp3) is 0.190. The molecule has 0 fully saturated rings. The van der Waals surface area contributed by atoms with Gasteiger partial charge in [0.25, 0.3) is 5.89 Å². The SMILES string of the molecule is CCc1cc(OCc2nc(-c3cccc(C(F)(F)F)c3)no2)nc(-c2ccncc2)n1. The first-order chi connectivity index (χ1) is 14.9. The van der Waals surface area contributed by atoms with Crippen molar-refractivity contribution in [3.05, 3.63) is 72.0 Å². The van der Waals surface area contributed by atoms with Crippen molar-refractivity contribution < 1.29 is 22.4 Å². The number of rotatable bonds is 6. The molecule has 1 aromatic carbocycles. The van der Waals surface area contributed by atoms with Crippen molar-refractivity contribution in [3.63, 3.8) is 0 Å². The zero-order valence-electron chi connectivity index (χ0n) is 16.3. The molecule has 0 spiro atoms. The predicted octanol–water partition coefficient (Wildman–Crippen LogP) is 4.75. The molecule has 158 valence electrons. The number of alkyl halides is 3. The van der Waals surface area contributed by atoms with Gasteiger partial charge in [0.05, 0.1) is 5.56 Å². The Morgan fingerprint density at radius 2 is 1.74 bits per heavy atom. The summed E-state index contributed by atoms with van der Waals surface area (Å²) in [5.74, 6) is 0.957. The Bertz CT molecular complexity index is 1180. The third-order valence-corrected chi connectivity index (χ3v) is 4.32. The smallest absolute Gasteiger partial charge is 0.416 e. The summed E-state index contributed by atoms with van der Waals surface area (Å²) in [5, 5.41) is 3.75. The van der Waals surface area contributed by atoms with Gasteiger partial charge in [-0.15, -0.1) is 0 Å². The fourth-order valence-corrected chi connectivity index (χ4v) is 2.76. The first-order valence-electron chi connectivity index (χ1n) is 9.34. The highest BCUT2D eigenvalue weighted by molar-refractivity contribution is 5.56. The molecule has 0 aliphatic heterocycles. The lowest BCUT2D eigenvalue weighted by atomic mass is 10.1. The Morgan fingerprint density at radius 1 is 0.935 bits per heavy atom. The molecule has 0 aliphatic carbocycles. The number of hydrogen-bond donors (Lipinski definition) is 0. The monoisotopic (exact) mass is 427 g/mol. The molecular weight excluding hydrogens is 411 g/mol. The minimum atomic E-state index is -4.46. The van der Waals surface area contributed by atoms with E-state index in [1.54, 1.807) is 30.6 Å². The fourth-order valence-electron chi connectivity index (χ4n) is 2.76. The first kappa shape index (κ1) is 20.5. The average molecular weight is 427 g/mol. The summed E-state index contributed by atoms with van der Waals surface area (Å²) in [4.78, 5) is 17.0. The second-order valence-corrected chi connectivity index (χ2v) is 6.49. The molecule has 0 saturated carbocycles. The highest BCUT2D eigenvalue weighted by Gasteiger charge is 2.30. The molecule has 0 atom stereocenters.